The van der Waals surface area contributed by atoms with Gasteiger partial charge in [-0.05, 0) is 74.2 Å². The van der Waals surface area contributed by atoms with E-state index in [9.17, 15) is 24.6 Å². The predicted molar refractivity (Wildman–Crippen MR) is 235 cm³/mol. The quantitative estimate of drug-likeness (QED) is 0.0717. The minimum absolute atomic E-state index is 0.00132. The van der Waals surface area contributed by atoms with Gasteiger partial charge in [0, 0.05) is 78.2 Å². The van der Waals surface area contributed by atoms with E-state index in [1.54, 1.807) is 12.1 Å². The fourth-order valence-electron chi connectivity index (χ4n) is 13.3. The van der Waals surface area contributed by atoms with E-state index in [0.717, 1.165) is 23.6 Å². The molecule has 1 saturated carbocycles. The Bertz CT molecular complexity index is 2670. The van der Waals surface area contributed by atoms with Gasteiger partial charge in [0.15, 0.2) is 6.10 Å². The molecule has 2 bridgehead atoms. The molecule has 6 heterocycles. The molecule has 2 saturated heterocycles. The largest absolute Gasteiger partial charge is 0.496 e. The number of H-pyrrole nitrogens is 1. The number of fused-ring (bicyclic) bond motifs is 6. The Morgan fingerprint density at radius 2 is 1.74 bits per heavy atom. The van der Waals surface area contributed by atoms with Gasteiger partial charge in [-0.3, -0.25) is 33.3 Å². The zero-order chi connectivity index (χ0) is 49.6. The highest BCUT2D eigenvalue weighted by atomic mass is 32.3. The summed E-state index contributed by atoms with van der Waals surface area (Å²) < 4.78 is 79.8. The van der Waals surface area contributed by atoms with E-state index in [2.05, 4.69) is 14.8 Å². The number of nitrogens with one attached hydrogen (secondary N) is 1. The van der Waals surface area contributed by atoms with Crippen molar-refractivity contribution < 1.29 is 70.0 Å². The molecule has 1 aliphatic carbocycles. The first-order valence-electron chi connectivity index (χ1n) is 23.3. The van der Waals surface area contributed by atoms with Gasteiger partial charge in [-0.25, -0.2) is 4.79 Å². The number of aliphatic hydroxyl groups is 2. The number of rotatable bonds is 8. The molecule has 352 valence electrons. The van der Waals surface area contributed by atoms with Gasteiger partial charge in [0.1, 0.15) is 11.2 Å². The standard InChI is InChI=1S/C46H56N4O10.H2O4S/c1-7-42(55)22-28-23-45(40(53)58-5,36-30(14-18-48(24-28)25-42)29-12-9-10-13-33(29)47-36)32-20-31-34(21-35(32)57-4)50(26-51)38-44(31)16-19-49-17-11-15-43(8-2,37(44)49)39(60-27(3)52)46(38,56)41(54)59-6;1-5(2,3)4/h9-13,15,20-21,26,28,37-39,47,55-56H,7-8,14,16-19,22-25H2,1-6H3;(H2,1,2,3,4)/t28-,37+,38-,39-,42+,43+,44+,45+,46?;/m1./s1/i5D3;. The summed E-state index contributed by atoms with van der Waals surface area (Å²) in [5.74, 6) is -3.10. The Morgan fingerprint density at radius 1 is 1.00 bits per heavy atom. The van der Waals surface area contributed by atoms with Crippen molar-refractivity contribution in [1.29, 1.82) is 0 Å². The molecule has 1 aromatic heterocycles. The monoisotopic (exact) mass is 925 g/mol. The van der Waals surface area contributed by atoms with Gasteiger partial charge in [0.05, 0.1) is 42.7 Å². The molecule has 5 N–H and O–H groups in total. The van der Waals surface area contributed by atoms with E-state index in [1.165, 1.54) is 18.9 Å². The number of benzene rings is 2. The number of para-hydroxylation sites is 1. The summed E-state index contributed by atoms with van der Waals surface area (Å²) in [5, 5.41) is 26.2. The SMILES string of the molecule is O=S(=O)(O)O.[2H]C([2H])([2H])OC(=O)[C@]1(c2cc3c(cc2OC)N(C=O)[C@H]2C(O)(C(=O)OC)[C@H](OC(C)=O)[C@@]4(CC)C=CCN5CC[C@@]32[C@@H]54)C[C@@H]2CN(CCc3c1[nH]c1ccccc31)C[C@](O)(CC)C2. The van der Waals surface area contributed by atoms with Gasteiger partial charge in [-0.15, -0.1) is 0 Å². The van der Waals surface area contributed by atoms with Crippen molar-refractivity contribution in [1.82, 2.24) is 14.8 Å². The second kappa shape index (κ2) is 16.5. The lowest BCUT2D eigenvalue weighted by atomic mass is 9.47. The Labute approximate surface area is 381 Å². The lowest BCUT2D eigenvalue weighted by Crippen LogP contribution is -2.81. The van der Waals surface area contributed by atoms with E-state index in [0.29, 0.717) is 88.2 Å². The lowest BCUT2D eigenvalue weighted by molar-refractivity contribution is -0.228. The number of methoxy groups -OCH3 is 3. The maximum absolute atomic E-state index is 15.6. The second-order valence-electron chi connectivity index (χ2n) is 18.5. The first-order chi connectivity index (χ1) is 31.9. The summed E-state index contributed by atoms with van der Waals surface area (Å²) in [6.45, 7) is 7.50. The van der Waals surface area contributed by atoms with Gasteiger partial charge in [-0.1, -0.05) is 44.2 Å². The van der Waals surface area contributed by atoms with Crippen LogP contribution in [0.15, 0.2) is 48.6 Å². The van der Waals surface area contributed by atoms with Crippen LogP contribution in [0.5, 0.6) is 5.75 Å². The van der Waals surface area contributed by atoms with Crippen molar-refractivity contribution in [3.8, 4) is 5.75 Å². The predicted octanol–water partition coefficient (Wildman–Crippen LogP) is 2.86. The molecular formula is C46H58N4O14S. The summed E-state index contributed by atoms with van der Waals surface area (Å²) in [5.41, 5.74) is -5.05. The van der Waals surface area contributed by atoms with Gasteiger partial charge in [-0.2, -0.15) is 8.42 Å². The number of nitrogens with zero attached hydrogens (tertiary/aromatic N) is 3. The van der Waals surface area contributed by atoms with Crippen LogP contribution in [-0.4, -0.2) is 150 Å². The summed E-state index contributed by atoms with van der Waals surface area (Å²) in [6.07, 6.45) is 4.77. The maximum Gasteiger partial charge on any atom is 0.394 e. The van der Waals surface area contributed by atoms with Crippen molar-refractivity contribution >= 4 is 51.3 Å². The van der Waals surface area contributed by atoms with Crippen LogP contribution in [0.4, 0.5) is 5.69 Å². The minimum atomic E-state index is -4.67. The van der Waals surface area contributed by atoms with Crippen LogP contribution < -0.4 is 9.64 Å². The molecule has 9 rings (SSSR count). The van der Waals surface area contributed by atoms with Crippen LogP contribution in [0.1, 0.15) is 79.4 Å². The molecule has 0 radical (unpaired) electrons. The van der Waals surface area contributed by atoms with Gasteiger partial charge in [0.2, 0.25) is 12.0 Å². The number of anilines is 1. The first-order valence-corrected chi connectivity index (χ1v) is 23.2. The van der Waals surface area contributed by atoms with Gasteiger partial charge >= 0.3 is 28.3 Å². The molecule has 5 aliphatic heterocycles. The Kier molecular flexibility index (Phi) is 10.8. The number of carbonyl (C=O) groups is 4. The van der Waals surface area contributed by atoms with E-state index in [4.69, 9.17) is 40.6 Å². The Hall–Kier alpha value is -4.89. The zero-order valence-electron chi connectivity index (χ0n) is 39.9. The third-order valence-electron chi connectivity index (χ3n) is 15.4. The van der Waals surface area contributed by atoms with E-state index in [-0.39, 0.29) is 23.7 Å². The number of carbonyl (C=O) groups excluding carboxylic acids is 4. The number of hydrogen-bond donors (Lipinski definition) is 5. The van der Waals surface area contributed by atoms with Gasteiger partial charge in [0.25, 0.3) is 0 Å². The highest BCUT2D eigenvalue weighted by molar-refractivity contribution is 7.79. The smallest absolute Gasteiger partial charge is 0.394 e. The number of piperidine rings is 1. The normalized spacial score (nSPS) is 35.4. The molecule has 65 heavy (non-hydrogen) atoms. The third-order valence-corrected chi connectivity index (χ3v) is 15.4. The summed E-state index contributed by atoms with van der Waals surface area (Å²) in [4.78, 5) is 66.2. The number of hydrogen-bond acceptors (Lipinski definition) is 14. The minimum Gasteiger partial charge on any atom is -0.496 e. The molecule has 1 spiro atoms. The van der Waals surface area contributed by atoms with Crippen molar-refractivity contribution in [3.63, 3.8) is 0 Å². The second-order valence-corrected chi connectivity index (χ2v) is 19.3. The molecule has 10 atom stereocenters. The fourth-order valence-corrected chi connectivity index (χ4v) is 13.3. The maximum atomic E-state index is 15.6. The summed E-state index contributed by atoms with van der Waals surface area (Å²) in [6, 6.07) is 9.12. The molecule has 1 amide bonds. The molecule has 6 aliphatic rings. The molecule has 19 heteroatoms. The third kappa shape index (κ3) is 6.90. The Morgan fingerprint density at radius 3 is 2.38 bits per heavy atom. The van der Waals surface area contributed by atoms with Crippen LogP contribution in [0, 0.1) is 11.3 Å². The van der Waals surface area contributed by atoms with Crippen molar-refractivity contribution in [3.05, 3.63) is 70.9 Å². The number of ether oxygens (including phenoxy) is 4. The van der Waals surface area contributed by atoms with Crippen molar-refractivity contribution in [2.45, 2.75) is 99.5 Å². The van der Waals surface area contributed by atoms with Crippen LogP contribution in [0.2, 0.25) is 0 Å². The molecular weight excluding hydrogens is 865 g/mol. The zero-order valence-corrected chi connectivity index (χ0v) is 37.7. The van der Waals surface area contributed by atoms with Crippen LogP contribution in [0.3, 0.4) is 0 Å². The number of aromatic amines is 1. The molecule has 18 nitrogen and oxygen atoms in total. The van der Waals surface area contributed by atoms with Crippen molar-refractivity contribution in [2.24, 2.45) is 11.3 Å². The van der Waals surface area contributed by atoms with Crippen molar-refractivity contribution in [2.75, 3.05) is 58.9 Å². The number of aromatic nitrogens is 1. The molecule has 3 aromatic rings. The van der Waals surface area contributed by atoms with Crippen LogP contribution >= 0.6 is 0 Å². The van der Waals surface area contributed by atoms with E-state index >= 15 is 4.79 Å². The van der Waals surface area contributed by atoms with Gasteiger partial charge < -0.3 is 39.0 Å². The fraction of sp³-hybridized carbons (Fsp3) is 0.565. The van der Waals surface area contributed by atoms with E-state index < -0.39 is 81.0 Å². The molecule has 3 fully saturated rings. The Balaban J connectivity index is 0.00000119. The summed E-state index contributed by atoms with van der Waals surface area (Å²) >= 11 is 0. The summed E-state index contributed by atoms with van der Waals surface area (Å²) in [7, 11) is -5.27. The van der Waals surface area contributed by atoms with Crippen LogP contribution in [0.25, 0.3) is 10.9 Å². The average Bonchev–Trinajstić information content (AvgIpc) is 3.94. The van der Waals surface area contributed by atoms with E-state index in [1.807, 2.05) is 50.3 Å². The average molecular weight is 926 g/mol. The molecule has 2 unspecified atom stereocenters. The topological polar surface area (TPSA) is 246 Å². The highest BCUT2D eigenvalue weighted by Gasteiger charge is 2.81. The number of amides is 1. The number of esters is 3. The first kappa shape index (κ1) is 42.7. The highest BCUT2D eigenvalue weighted by Crippen LogP contribution is 2.68. The van der Waals surface area contributed by atoms with Crippen LogP contribution in [-0.2, 0) is 61.0 Å². The lowest BCUT2D eigenvalue weighted by Gasteiger charge is -2.63. The molecule has 2 aromatic carbocycles.